The van der Waals surface area contributed by atoms with E-state index in [0.717, 1.165) is 18.9 Å². The normalized spacial score (nSPS) is 34.2. The van der Waals surface area contributed by atoms with Crippen molar-refractivity contribution < 1.29 is 4.74 Å². The summed E-state index contributed by atoms with van der Waals surface area (Å²) >= 11 is 0. The molecule has 1 N–H and O–H groups in total. The molecular formula is C14H25NO. The van der Waals surface area contributed by atoms with Crippen LogP contribution in [0.1, 0.15) is 45.4 Å². The van der Waals surface area contributed by atoms with E-state index in [1.807, 2.05) is 6.08 Å². The molecule has 0 aromatic rings. The minimum atomic E-state index is 0.564. The fraction of sp³-hybridized carbons (Fsp3) is 0.857. The molecule has 0 saturated carbocycles. The summed E-state index contributed by atoms with van der Waals surface area (Å²) in [6, 6.07) is 0.664. The van der Waals surface area contributed by atoms with E-state index >= 15 is 0 Å². The molecule has 0 radical (unpaired) electrons. The maximum absolute atomic E-state index is 5.88. The third-order valence-electron chi connectivity index (χ3n) is 4.11. The van der Waals surface area contributed by atoms with Gasteiger partial charge in [0.2, 0.25) is 0 Å². The van der Waals surface area contributed by atoms with E-state index in [2.05, 4.69) is 18.8 Å². The van der Waals surface area contributed by atoms with Crippen molar-refractivity contribution in [2.24, 2.45) is 5.92 Å². The van der Waals surface area contributed by atoms with Gasteiger partial charge in [0.05, 0.1) is 12.2 Å². The molecule has 2 nitrogen and oxygen atoms in total. The molecule has 2 bridgehead atoms. The third-order valence-corrected chi connectivity index (χ3v) is 4.11. The van der Waals surface area contributed by atoms with Crippen molar-refractivity contribution in [3.63, 3.8) is 0 Å². The van der Waals surface area contributed by atoms with E-state index in [1.54, 1.807) is 0 Å². The van der Waals surface area contributed by atoms with Crippen LogP contribution >= 0.6 is 0 Å². The Hall–Kier alpha value is -0.340. The maximum atomic E-state index is 5.88. The van der Waals surface area contributed by atoms with Gasteiger partial charge < -0.3 is 10.1 Å². The standard InChI is InChI=1S/C14H25NO/c1-3-5-6-12(4-2)15-10-11-9-13-7-8-14(11)16-13/h3,11-15H,1,4-10H2,2H3. The molecule has 2 saturated heterocycles. The first-order valence-corrected chi connectivity index (χ1v) is 6.83. The molecule has 0 spiro atoms. The Morgan fingerprint density at radius 3 is 2.94 bits per heavy atom. The molecule has 2 rings (SSSR count). The number of nitrogens with one attached hydrogen (secondary N) is 1. The predicted octanol–water partition coefficient (Wildman–Crippen LogP) is 2.89. The second-order valence-electron chi connectivity index (χ2n) is 5.25. The van der Waals surface area contributed by atoms with Gasteiger partial charge in [-0.25, -0.2) is 0 Å². The van der Waals surface area contributed by atoms with Crippen LogP contribution in [0, 0.1) is 5.92 Å². The van der Waals surface area contributed by atoms with Gasteiger partial charge in [-0.2, -0.15) is 0 Å². The van der Waals surface area contributed by atoms with Gasteiger partial charge in [0.1, 0.15) is 0 Å². The van der Waals surface area contributed by atoms with Gasteiger partial charge in [-0.3, -0.25) is 0 Å². The monoisotopic (exact) mass is 223 g/mol. The average molecular weight is 223 g/mol. The van der Waals surface area contributed by atoms with Crippen LogP contribution in [0.15, 0.2) is 12.7 Å². The molecule has 2 aliphatic heterocycles. The van der Waals surface area contributed by atoms with Gasteiger partial charge in [-0.05, 0) is 38.5 Å². The lowest BCUT2D eigenvalue weighted by Gasteiger charge is -2.23. The van der Waals surface area contributed by atoms with Gasteiger partial charge in [0.25, 0.3) is 0 Å². The number of fused-ring (bicyclic) bond motifs is 2. The Bertz CT molecular complexity index is 229. The molecule has 16 heavy (non-hydrogen) atoms. The molecule has 2 fully saturated rings. The third kappa shape index (κ3) is 2.86. The largest absolute Gasteiger partial charge is 0.375 e. The molecule has 2 heterocycles. The zero-order valence-corrected chi connectivity index (χ0v) is 10.5. The van der Waals surface area contributed by atoms with E-state index in [9.17, 15) is 0 Å². The van der Waals surface area contributed by atoms with Crippen molar-refractivity contribution in [1.82, 2.24) is 5.32 Å². The Morgan fingerprint density at radius 1 is 1.50 bits per heavy atom. The summed E-state index contributed by atoms with van der Waals surface area (Å²) in [6.45, 7) is 7.20. The molecule has 0 aromatic carbocycles. The van der Waals surface area contributed by atoms with Crippen molar-refractivity contribution in [2.75, 3.05) is 6.54 Å². The van der Waals surface area contributed by atoms with Crippen molar-refractivity contribution in [3.05, 3.63) is 12.7 Å². The van der Waals surface area contributed by atoms with Crippen LogP contribution in [0.2, 0.25) is 0 Å². The molecule has 2 aliphatic rings. The Balaban J connectivity index is 1.67. The van der Waals surface area contributed by atoms with Crippen molar-refractivity contribution in [1.29, 1.82) is 0 Å². The minimum Gasteiger partial charge on any atom is -0.375 e. The molecule has 0 aromatic heterocycles. The smallest absolute Gasteiger partial charge is 0.0621 e. The zero-order valence-electron chi connectivity index (χ0n) is 10.5. The summed E-state index contributed by atoms with van der Waals surface area (Å²) in [6.07, 6.45) is 10.6. The summed E-state index contributed by atoms with van der Waals surface area (Å²) in [5.41, 5.74) is 0. The highest BCUT2D eigenvalue weighted by Crippen LogP contribution is 2.38. The minimum absolute atomic E-state index is 0.564. The summed E-state index contributed by atoms with van der Waals surface area (Å²) < 4.78 is 5.88. The number of allylic oxidation sites excluding steroid dienone is 1. The van der Waals surface area contributed by atoms with E-state index in [0.29, 0.717) is 18.2 Å². The van der Waals surface area contributed by atoms with Crippen LogP contribution in [0.5, 0.6) is 0 Å². The average Bonchev–Trinajstić information content (AvgIpc) is 2.91. The van der Waals surface area contributed by atoms with E-state index in [-0.39, 0.29) is 0 Å². The van der Waals surface area contributed by atoms with Crippen molar-refractivity contribution in [3.8, 4) is 0 Å². The maximum Gasteiger partial charge on any atom is 0.0621 e. The fourth-order valence-corrected chi connectivity index (χ4v) is 3.05. The Labute approximate surface area is 99.4 Å². The van der Waals surface area contributed by atoms with Crippen LogP contribution in [-0.4, -0.2) is 24.8 Å². The van der Waals surface area contributed by atoms with E-state index in [4.69, 9.17) is 4.74 Å². The van der Waals surface area contributed by atoms with Crippen molar-refractivity contribution in [2.45, 2.75) is 63.7 Å². The van der Waals surface area contributed by atoms with Crippen LogP contribution in [0.3, 0.4) is 0 Å². The zero-order chi connectivity index (χ0) is 11.4. The first-order valence-electron chi connectivity index (χ1n) is 6.83. The summed E-state index contributed by atoms with van der Waals surface area (Å²) in [4.78, 5) is 0. The molecule has 0 aliphatic carbocycles. The van der Waals surface area contributed by atoms with Gasteiger partial charge in [-0.1, -0.05) is 13.0 Å². The summed E-state index contributed by atoms with van der Waals surface area (Å²) in [5.74, 6) is 0.775. The lowest BCUT2D eigenvalue weighted by molar-refractivity contribution is 0.0919. The van der Waals surface area contributed by atoms with Gasteiger partial charge in [0, 0.05) is 18.5 Å². The molecular weight excluding hydrogens is 198 g/mol. The quantitative estimate of drug-likeness (QED) is 0.670. The van der Waals surface area contributed by atoms with Crippen LogP contribution in [0.4, 0.5) is 0 Å². The summed E-state index contributed by atoms with van der Waals surface area (Å²) in [7, 11) is 0. The fourth-order valence-electron chi connectivity index (χ4n) is 3.05. The molecule has 4 atom stereocenters. The van der Waals surface area contributed by atoms with E-state index < -0.39 is 0 Å². The second kappa shape index (κ2) is 5.83. The predicted molar refractivity (Wildman–Crippen MR) is 67.5 cm³/mol. The number of hydrogen-bond donors (Lipinski definition) is 1. The van der Waals surface area contributed by atoms with Crippen molar-refractivity contribution >= 4 is 0 Å². The summed E-state index contributed by atoms with van der Waals surface area (Å²) in [5, 5.41) is 3.70. The van der Waals surface area contributed by atoms with Gasteiger partial charge >= 0.3 is 0 Å². The topological polar surface area (TPSA) is 21.3 Å². The highest BCUT2D eigenvalue weighted by molar-refractivity contribution is 4.90. The first kappa shape index (κ1) is 12.1. The van der Waals surface area contributed by atoms with E-state index in [1.165, 1.54) is 32.1 Å². The van der Waals surface area contributed by atoms with Gasteiger partial charge in [0.15, 0.2) is 0 Å². The Kier molecular flexibility index (Phi) is 4.42. The van der Waals surface area contributed by atoms with Crippen LogP contribution < -0.4 is 5.32 Å². The number of ether oxygens (including phenoxy) is 1. The highest BCUT2D eigenvalue weighted by Gasteiger charge is 2.40. The van der Waals surface area contributed by atoms with Crippen LogP contribution in [-0.2, 0) is 4.74 Å². The Morgan fingerprint density at radius 2 is 2.38 bits per heavy atom. The lowest BCUT2D eigenvalue weighted by Crippen LogP contribution is -2.36. The molecule has 4 unspecified atom stereocenters. The second-order valence-corrected chi connectivity index (χ2v) is 5.25. The van der Waals surface area contributed by atoms with Gasteiger partial charge in [-0.15, -0.1) is 6.58 Å². The first-order chi connectivity index (χ1) is 7.83. The molecule has 0 amide bonds. The lowest BCUT2D eigenvalue weighted by atomic mass is 9.89. The number of hydrogen-bond acceptors (Lipinski definition) is 2. The molecule has 92 valence electrons. The number of rotatable bonds is 7. The highest BCUT2D eigenvalue weighted by atomic mass is 16.5. The SMILES string of the molecule is C=CCCC(CC)NCC1CC2CCC1O2. The molecule has 2 heteroatoms. The van der Waals surface area contributed by atoms with Crippen LogP contribution in [0.25, 0.3) is 0 Å².